The van der Waals surface area contributed by atoms with Crippen LogP contribution < -0.4 is 10.6 Å². The highest BCUT2D eigenvalue weighted by Gasteiger charge is 2.26. The Morgan fingerprint density at radius 2 is 2.24 bits per heavy atom. The normalized spacial score (nSPS) is 23.9. The van der Waals surface area contributed by atoms with E-state index in [2.05, 4.69) is 22.8 Å². The lowest BCUT2D eigenvalue weighted by atomic mass is 9.97. The summed E-state index contributed by atoms with van der Waals surface area (Å²) in [6.45, 7) is 1.92. The first-order valence-corrected chi connectivity index (χ1v) is 7.57. The maximum atomic E-state index is 11.6. The van der Waals surface area contributed by atoms with E-state index in [0.717, 1.165) is 18.5 Å². The molecular weight excluding hydrogens is 268 g/mol. The smallest absolute Gasteiger partial charge is 0.224 e. The van der Waals surface area contributed by atoms with Crippen LogP contribution in [0, 0.1) is 0 Å². The zero-order valence-corrected chi connectivity index (χ0v) is 12.4. The second-order valence-electron chi connectivity index (χ2n) is 5.57. The van der Waals surface area contributed by atoms with E-state index in [0.29, 0.717) is 26.2 Å². The third-order valence-electron chi connectivity index (χ3n) is 4.14. The van der Waals surface area contributed by atoms with Crippen molar-refractivity contribution < 1.29 is 14.3 Å². The number of anilines is 1. The van der Waals surface area contributed by atoms with Crippen LogP contribution in [-0.4, -0.2) is 38.9 Å². The summed E-state index contributed by atoms with van der Waals surface area (Å²) in [5.74, 6) is 0.107. The van der Waals surface area contributed by atoms with Gasteiger partial charge in [-0.15, -0.1) is 0 Å². The molecule has 2 atom stereocenters. The number of aryl methyl sites for hydroxylation is 1. The number of ether oxygens (including phenoxy) is 2. The van der Waals surface area contributed by atoms with Gasteiger partial charge in [0.05, 0.1) is 25.9 Å². The zero-order valence-electron chi connectivity index (χ0n) is 12.4. The highest BCUT2D eigenvalue weighted by atomic mass is 16.6. The summed E-state index contributed by atoms with van der Waals surface area (Å²) in [7, 11) is 1.94. The number of likely N-dealkylation sites (N-methyl/N-ethyl adjacent to an activating group) is 1. The van der Waals surface area contributed by atoms with E-state index in [9.17, 15) is 4.79 Å². The molecule has 2 heterocycles. The second-order valence-corrected chi connectivity index (χ2v) is 5.57. The summed E-state index contributed by atoms with van der Waals surface area (Å²) < 4.78 is 11.3. The molecule has 1 fully saturated rings. The molecule has 0 spiro atoms. The van der Waals surface area contributed by atoms with Crippen LogP contribution in [0.2, 0.25) is 0 Å². The van der Waals surface area contributed by atoms with Crippen molar-refractivity contribution in [3.63, 3.8) is 0 Å². The van der Waals surface area contributed by atoms with Crippen LogP contribution in [0.15, 0.2) is 18.2 Å². The minimum atomic E-state index is 0.0298. The summed E-state index contributed by atoms with van der Waals surface area (Å²) in [5, 5.41) is 6.30. The van der Waals surface area contributed by atoms with Crippen molar-refractivity contribution in [3.8, 4) is 0 Å². The predicted octanol–water partition coefficient (Wildman–Crippen LogP) is 1.64. The van der Waals surface area contributed by atoms with Crippen LogP contribution in [0.1, 0.15) is 30.0 Å². The molecule has 1 aromatic rings. The molecule has 0 saturated carbocycles. The third kappa shape index (κ3) is 3.26. The molecule has 2 unspecified atom stereocenters. The minimum absolute atomic E-state index is 0.0298. The van der Waals surface area contributed by atoms with Gasteiger partial charge in [0.15, 0.2) is 0 Å². The predicted molar refractivity (Wildman–Crippen MR) is 80.4 cm³/mol. The Labute approximate surface area is 125 Å². The highest BCUT2D eigenvalue weighted by Crippen LogP contribution is 2.28. The fraction of sp³-hybridized carbons (Fsp3) is 0.562. The average Bonchev–Trinajstić information content (AvgIpc) is 2.69. The maximum absolute atomic E-state index is 11.6. The van der Waals surface area contributed by atoms with E-state index >= 15 is 0 Å². The monoisotopic (exact) mass is 290 g/mol. The Balaban J connectivity index is 1.84. The maximum Gasteiger partial charge on any atom is 0.224 e. The van der Waals surface area contributed by atoms with Crippen LogP contribution in [0.25, 0.3) is 0 Å². The molecule has 5 heteroatoms. The van der Waals surface area contributed by atoms with Crippen molar-refractivity contribution in [2.24, 2.45) is 0 Å². The number of rotatable bonds is 3. The largest absolute Gasteiger partial charge is 0.376 e. The van der Waals surface area contributed by atoms with Gasteiger partial charge in [0.2, 0.25) is 5.91 Å². The fourth-order valence-electron chi connectivity index (χ4n) is 3.05. The molecule has 2 aliphatic rings. The SMILES string of the molecule is CNC(c1ccc2c(c1)CCCC(=O)N2)C1COCCO1. The van der Waals surface area contributed by atoms with Gasteiger partial charge < -0.3 is 20.1 Å². The lowest BCUT2D eigenvalue weighted by Crippen LogP contribution is -2.39. The molecule has 2 aliphatic heterocycles. The van der Waals surface area contributed by atoms with E-state index in [1.54, 1.807) is 0 Å². The molecule has 5 nitrogen and oxygen atoms in total. The number of carbonyl (C=O) groups is 1. The summed E-state index contributed by atoms with van der Waals surface area (Å²) in [6.07, 6.45) is 2.46. The Bertz CT molecular complexity index is 512. The van der Waals surface area contributed by atoms with Gasteiger partial charge in [-0.1, -0.05) is 12.1 Å². The molecule has 0 aromatic heterocycles. The fourth-order valence-corrected chi connectivity index (χ4v) is 3.05. The van der Waals surface area contributed by atoms with Crippen molar-refractivity contribution in [1.82, 2.24) is 5.32 Å². The first kappa shape index (κ1) is 14.5. The standard InChI is InChI=1S/C16H22N2O3/c1-17-16(14-10-20-7-8-21-14)12-5-6-13-11(9-12)3-2-4-15(19)18-13/h5-6,9,14,16-17H,2-4,7-8,10H2,1H3,(H,18,19). The third-order valence-corrected chi connectivity index (χ3v) is 4.14. The molecule has 3 rings (SSSR count). The molecule has 1 saturated heterocycles. The van der Waals surface area contributed by atoms with Crippen molar-refractivity contribution in [3.05, 3.63) is 29.3 Å². The Kier molecular flexibility index (Phi) is 4.53. The molecule has 1 amide bonds. The Morgan fingerprint density at radius 1 is 1.33 bits per heavy atom. The molecule has 0 aliphatic carbocycles. The van der Waals surface area contributed by atoms with Crippen LogP contribution >= 0.6 is 0 Å². The van der Waals surface area contributed by atoms with E-state index in [1.807, 2.05) is 13.1 Å². The van der Waals surface area contributed by atoms with Gasteiger partial charge in [0, 0.05) is 12.1 Å². The summed E-state index contributed by atoms with van der Waals surface area (Å²) in [4.78, 5) is 11.6. The molecule has 1 aromatic carbocycles. The molecule has 114 valence electrons. The highest BCUT2D eigenvalue weighted by molar-refractivity contribution is 5.92. The van der Waals surface area contributed by atoms with Crippen LogP contribution in [0.4, 0.5) is 5.69 Å². The number of nitrogens with one attached hydrogen (secondary N) is 2. The Hall–Kier alpha value is -1.43. The first-order chi connectivity index (χ1) is 10.3. The van der Waals surface area contributed by atoms with Gasteiger partial charge >= 0.3 is 0 Å². The van der Waals surface area contributed by atoms with Gasteiger partial charge in [-0.05, 0) is 37.1 Å². The molecule has 0 bridgehead atoms. The molecular formula is C16H22N2O3. The molecule has 2 N–H and O–H groups in total. The molecule has 0 radical (unpaired) electrons. The second kappa shape index (κ2) is 6.56. The number of hydrogen-bond acceptors (Lipinski definition) is 4. The van der Waals surface area contributed by atoms with Crippen LogP contribution in [0.3, 0.4) is 0 Å². The van der Waals surface area contributed by atoms with E-state index in [-0.39, 0.29) is 18.1 Å². The van der Waals surface area contributed by atoms with Gasteiger partial charge in [0.1, 0.15) is 6.10 Å². The summed E-state index contributed by atoms with van der Waals surface area (Å²) in [6, 6.07) is 6.35. The van der Waals surface area contributed by atoms with Crippen LogP contribution in [0.5, 0.6) is 0 Å². The molecule has 21 heavy (non-hydrogen) atoms. The summed E-state index contributed by atoms with van der Waals surface area (Å²) in [5.41, 5.74) is 3.33. The summed E-state index contributed by atoms with van der Waals surface area (Å²) >= 11 is 0. The van der Waals surface area contributed by atoms with E-state index in [4.69, 9.17) is 9.47 Å². The lowest BCUT2D eigenvalue weighted by Gasteiger charge is -2.31. The number of fused-ring (bicyclic) bond motifs is 1. The quantitative estimate of drug-likeness (QED) is 0.888. The van der Waals surface area contributed by atoms with Gasteiger partial charge in [-0.25, -0.2) is 0 Å². The number of benzene rings is 1. The van der Waals surface area contributed by atoms with Crippen LogP contribution in [-0.2, 0) is 20.7 Å². The number of amides is 1. The van der Waals surface area contributed by atoms with Gasteiger partial charge in [0.25, 0.3) is 0 Å². The lowest BCUT2D eigenvalue weighted by molar-refractivity contribution is -0.116. The van der Waals surface area contributed by atoms with E-state index < -0.39 is 0 Å². The first-order valence-electron chi connectivity index (χ1n) is 7.57. The minimum Gasteiger partial charge on any atom is -0.376 e. The number of carbonyl (C=O) groups excluding carboxylic acids is 1. The van der Waals surface area contributed by atoms with Gasteiger partial charge in [-0.3, -0.25) is 4.79 Å². The zero-order chi connectivity index (χ0) is 14.7. The van der Waals surface area contributed by atoms with Crippen molar-refractivity contribution in [1.29, 1.82) is 0 Å². The Morgan fingerprint density at radius 3 is 3.00 bits per heavy atom. The van der Waals surface area contributed by atoms with Crippen molar-refractivity contribution >= 4 is 11.6 Å². The van der Waals surface area contributed by atoms with Gasteiger partial charge in [-0.2, -0.15) is 0 Å². The average molecular weight is 290 g/mol. The topological polar surface area (TPSA) is 59.6 Å². The van der Waals surface area contributed by atoms with Crippen molar-refractivity contribution in [2.45, 2.75) is 31.4 Å². The van der Waals surface area contributed by atoms with Crippen molar-refractivity contribution in [2.75, 3.05) is 32.2 Å². The number of hydrogen-bond donors (Lipinski definition) is 2. The van der Waals surface area contributed by atoms with E-state index in [1.165, 1.54) is 11.1 Å².